The molecule has 0 bridgehead atoms. The van der Waals surface area contributed by atoms with E-state index in [2.05, 4.69) is 61.7 Å². The van der Waals surface area contributed by atoms with Gasteiger partial charge in [-0.25, -0.2) is 4.98 Å². The monoisotopic (exact) mass is 414 g/mol. The van der Waals surface area contributed by atoms with Crippen LogP contribution in [0, 0.1) is 10.6 Å². The summed E-state index contributed by atoms with van der Waals surface area (Å²) >= 11 is 12.4. The number of nitrogens with one attached hydrogen (secondary N) is 1. The van der Waals surface area contributed by atoms with Crippen LogP contribution in [0.5, 0.6) is 0 Å². The molecule has 2 rings (SSSR count). The first-order valence-corrected chi connectivity index (χ1v) is 8.47. The van der Waals surface area contributed by atoms with Gasteiger partial charge in [-0.2, -0.15) is 0 Å². The summed E-state index contributed by atoms with van der Waals surface area (Å²) in [4.78, 5) is 7.88. The molecule has 0 amide bonds. The summed E-state index contributed by atoms with van der Waals surface area (Å²) in [6, 6.07) is 8.17. The highest BCUT2D eigenvalue weighted by atomic mass is 79.9. The molecule has 2 aromatic rings. The number of H-pyrrole nitrogens is 1. The van der Waals surface area contributed by atoms with Crippen LogP contribution >= 0.6 is 44.1 Å². The van der Waals surface area contributed by atoms with Crippen LogP contribution in [0.1, 0.15) is 30.9 Å². The summed E-state index contributed by atoms with van der Waals surface area (Å²) in [7, 11) is 0. The summed E-state index contributed by atoms with van der Waals surface area (Å²) in [5.41, 5.74) is 2.32. The summed E-state index contributed by atoms with van der Waals surface area (Å²) < 4.78 is 2.63. The number of benzene rings is 1. The van der Waals surface area contributed by atoms with Crippen molar-refractivity contribution in [1.82, 2.24) is 9.97 Å². The molecule has 1 aromatic carbocycles. The number of nitrogens with zero attached hydrogens (tertiary/aromatic N) is 1. The van der Waals surface area contributed by atoms with Crippen LogP contribution < -0.4 is 0 Å². The van der Waals surface area contributed by atoms with Crippen molar-refractivity contribution in [3.05, 3.63) is 54.9 Å². The van der Waals surface area contributed by atoms with Gasteiger partial charge in [0.25, 0.3) is 0 Å². The molecule has 1 aromatic heterocycles. The number of aromatic amines is 1. The molecule has 0 radical (unpaired) electrons. The highest BCUT2D eigenvalue weighted by Crippen LogP contribution is 2.22. The molecule has 0 fully saturated rings. The van der Waals surface area contributed by atoms with Crippen molar-refractivity contribution in [2.24, 2.45) is 5.92 Å². The minimum Gasteiger partial charge on any atom is -0.346 e. The second-order valence-corrected chi connectivity index (χ2v) is 7.18. The molecule has 0 atom stereocenters. The standard InChI is InChI=1S/C15H16Br2N2S/c1-9(2)7-12-14(17)15(20)19-13(18-12)8-10-5-3-4-6-11(10)16/h3-6,9H,7-8H2,1-2H3,(H,18,19,20). The van der Waals surface area contributed by atoms with Crippen molar-refractivity contribution >= 4 is 44.1 Å². The number of aromatic nitrogens is 2. The molecule has 5 heteroatoms. The third-order valence-corrected chi connectivity index (χ3v) is 5.10. The first-order valence-electron chi connectivity index (χ1n) is 6.48. The maximum absolute atomic E-state index is 5.34. The molecule has 1 heterocycles. The Morgan fingerprint density at radius 1 is 1.25 bits per heavy atom. The largest absolute Gasteiger partial charge is 0.346 e. The minimum absolute atomic E-state index is 0.565. The lowest BCUT2D eigenvalue weighted by Crippen LogP contribution is -2.05. The molecule has 0 aliphatic carbocycles. The Bertz CT molecular complexity index is 665. The molecule has 0 aliphatic heterocycles. The summed E-state index contributed by atoms with van der Waals surface area (Å²) in [5, 5.41) is 0. The highest BCUT2D eigenvalue weighted by molar-refractivity contribution is 9.10. The summed E-state index contributed by atoms with van der Waals surface area (Å²) in [5.74, 6) is 1.47. The molecular weight excluding hydrogens is 400 g/mol. The Hall–Kier alpha value is -0.520. The maximum atomic E-state index is 5.34. The molecule has 20 heavy (non-hydrogen) atoms. The van der Waals surface area contributed by atoms with Crippen molar-refractivity contribution < 1.29 is 0 Å². The van der Waals surface area contributed by atoms with Gasteiger partial charge < -0.3 is 4.98 Å². The average molecular weight is 416 g/mol. The zero-order chi connectivity index (χ0) is 14.7. The molecule has 0 saturated heterocycles. The van der Waals surface area contributed by atoms with Gasteiger partial charge in [0.05, 0.1) is 4.47 Å². The fourth-order valence-corrected chi connectivity index (χ4v) is 3.02. The van der Waals surface area contributed by atoms with E-state index in [0.717, 1.165) is 33.3 Å². The number of hydrogen-bond acceptors (Lipinski definition) is 2. The van der Waals surface area contributed by atoms with Crippen LogP contribution in [0.4, 0.5) is 0 Å². The Balaban J connectivity index is 2.36. The minimum atomic E-state index is 0.565. The number of halogens is 2. The van der Waals surface area contributed by atoms with Crippen molar-refractivity contribution in [2.45, 2.75) is 26.7 Å². The maximum Gasteiger partial charge on any atom is 0.144 e. The molecule has 106 valence electrons. The van der Waals surface area contributed by atoms with Gasteiger partial charge in [0, 0.05) is 16.6 Å². The van der Waals surface area contributed by atoms with E-state index < -0.39 is 0 Å². The van der Waals surface area contributed by atoms with Crippen LogP contribution in [0.3, 0.4) is 0 Å². The highest BCUT2D eigenvalue weighted by Gasteiger charge is 2.09. The second kappa shape index (κ2) is 6.96. The van der Waals surface area contributed by atoms with E-state index in [9.17, 15) is 0 Å². The van der Waals surface area contributed by atoms with E-state index in [4.69, 9.17) is 12.2 Å². The Morgan fingerprint density at radius 3 is 2.60 bits per heavy atom. The van der Waals surface area contributed by atoms with Crippen LogP contribution in [-0.4, -0.2) is 9.97 Å². The van der Waals surface area contributed by atoms with E-state index in [0.29, 0.717) is 10.6 Å². The van der Waals surface area contributed by atoms with E-state index in [1.807, 2.05) is 18.2 Å². The van der Waals surface area contributed by atoms with Crippen molar-refractivity contribution in [3.8, 4) is 0 Å². The lowest BCUT2D eigenvalue weighted by molar-refractivity contribution is 0.628. The lowest BCUT2D eigenvalue weighted by Gasteiger charge is -2.11. The van der Waals surface area contributed by atoms with Gasteiger partial charge in [-0.15, -0.1) is 0 Å². The lowest BCUT2D eigenvalue weighted by atomic mass is 10.1. The van der Waals surface area contributed by atoms with Crippen LogP contribution in [-0.2, 0) is 12.8 Å². The third-order valence-electron chi connectivity index (χ3n) is 2.91. The van der Waals surface area contributed by atoms with Crippen molar-refractivity contribution in [3.63, 3.8) is 0 Å². The topological polar surface area (TPSA) is 28.7 Å². The fourth-order valence-electron chi connectivity index (χ4n) is 2.01. The first kappa shape index (κ1) is 15.9. The number of rotatable bonds is 4. The van der Waals surface area contributed by atoms with Gasteiger partial charge in [0.2, 0.25) is 0 Å². The SMILES string of the molecule is CC(C)Cc1[nH]c(Cc2ccccc2Br)nc(=S)c1Br. The zero-order valence-corrected chi connectivity index (χ0v) is 15.4. The van der Waals surface area contributed by atoms with E-state index >= 15 is 0 Å². The smallest absolute Gasteiger partial charge is 0.144 e. The van der Waals surface area contributed by atoms with Crippen LogP contribution in [0.2, 0.25) is 0 Å². The van der Waals surface area contributed by atoms with E-state index in [-0.39, 0.29) is 0 Å². The molecular formula is C15H16Br2N2S. The average Bonchev–Trinajstić information content (AvgIpc) is 2.37. The number of hydrogen-bond donors (Lipinski definition) is 1. The van der Waals surface area contributed by atoms with Crippen molar-refractivity contribution in [1.29, 1.82) is 0 Å². The summed E-state index contributed by atoms with van der Waals surface area (Å²) in [6.07, 6.45) is 1.69. The fraction of sp³-hybridized carbons (Fsp3) is 0.333. The van der Waals surface area contributed by atoms with Crippen LogP contribution in [0.15, 0.2) is 33.2 Å². The molecule has 0 unspecified atom stereocenters. The second-order valence-electron chi connectivity index (χ2n) is 5.15. The molecule has 0 aliphatic rings. The van der Waals surface area contributed by atoms with E-state index in [1.54, 1.807) is 0 Å². The molecule has 0 saturated carbocycles. The van der Waals surface area contributed by atoms with Gasteiger partial charge in [-0.05, 0) is 39.9 Å². The van der Waals surface area contributed by atoms with Gasteiger partial charge >= 0.3 is 0 Å². The molecule has 1 N–H and O–H groups in total. The molecule has 2 nitrogen and oxygen atoms in total. The van der Waals surface area contributed by atoms with Crippen molar-refractivity contribution in [2.75, 3.05) is 0 Å². The normalized spacial score (nSPS) is 11.1. The molecule has 0 spiro atoms. The van der Waals surface area contributed by atoms with Gasteiger partial charge in [0.15, 0.2) is 0 Å². The van der Waals surface area contributed by atoms with E-state index in [1.165, 1.54) is 5.56 Å². The zero-order valence-electron chi connectivity index (χ0n) is 11.4. The predicted molar refractivity (Wildman–Crippen MR) is 92.6 cm³/mol. The predicted octanol–water partition coefficient (Wildman–Crippen LogP) is 5.45. The van der Waals surface area contributed by atoms with Gasteiger partial charge in [-0.1, -0.05) is 60.2 Å². The Morgan fingerprint density at radius 2 is 1.95 bits per heavy atom. The quantitative estimate of drug-likeness (QED) is 0.672. The van der Waals surface area contributed by atoms with Crippen LogP contribution in [0.25, 0.3) is 0 Å². The first-order chi connectivity index (χ1) is 9.47. The van der Waals surface area contributed by atoms with Gasteiger partial charge in [-0.3, -0.25) is 0 Å². The van der Waals surface area contributed by atoms with Gasteiger partial charge in [0.1, 0.15) is 10.5 Å². The Labute approximate surface area is 141 Å². The third kappa shape index (κ3) is 3.99. The Kier molecular flexibility index (Phi) is 5.52. The summed E-state index contributed by atoms with van der Waals surface area (Å²) in [6.45, 7) is 4.38.